The van der Waals surface area contributed by atoms with Gasteiger partial charge in [0.2, 0.25) is 18.6 Å². The Labute approximate surface area is 264 Å². The number of hydrogen-bond acceptors (Lipinski definition) is 10. The molecular weight excluding hydrogens is 600 g/mol. The number of methoxy groups -OCH3 is 3. The normalized spacial score (nSPS) is 11.7. The summed E-state index contributed by atoms with van der Waals surface area (Å²) in [6, 6.07) is 16.0. The predicted octanol–water partition coefficient (Wildman–Crippen LogP) is 4.02. The lowest BCUT2D eigenvalue weighted by molar-refractivity contribution is -0.121. The second kappa shape index (κ2) is 14.7. The lowest BCUT2D eigenvalue weighted by Crippen LogP contribution is -2.27. The number of carbonyl (C=O) groups is 2. The number of thioether (sulfide) groups is 1. The quantitative estimate of drug-likeness (QED) is 0.154. The number of anilines is 1. The number of fused-ring (bicyclic) bond motifs is 2. The van der Waals surface area contributed by atoms with E-state index in [1.807, 2.05) is 24.3 Å². The second-order valence-corrected chi connectivity index (χ2v) is 10.9. The van der Waals surface area contributed by atoms with E-state index >= 15 is 0 Å². The summed E-state index contributed by atoms with van der Waals surface area (Å²) in [5, 5.41) is 6.49. The van der Waals surface area contributed by atoms with Gasteiger partial charge in [-0.2, -0.15) is 0 Å². The molecule has 0 saturated carbocycles. The van der Waals surface area contributed by atoms with Crippen LogP contribution >= 0.6 is 11.8 Å². The van der Waals surface area contributed by atoms with Crippen LogP contribution in [-0.2, 0) is 22.6 Å². The van der Waals surface area contributed by atoms with Gasteiger partial charge in [-0.1, -0.05) is 30.0 Å². The van der Waals surface area contributed by atoms with Gasteiger partial charge in [-0.25, -0.2) is 4.98 Å². The van der Waals surface area contributed by atoms with Crippen LogP contribution in [-0.4, -0.2) is 61.8 Å². The first-order valence-electron chi connectivity index (χ1n) is 14.3. The number of ether oxygens (including phenoxy) is 5. The molecule has 2 N–H and O–H groups in total. The largest absolute Gasteiger partial charge is 0.495 e. The molecule has 4 aromatic rings. The zero-order valence-electron chi connectivity index (χ0n) is 25.2. The zero-order valence-corrected chi connectivity index (χ0v) is 26.0. The van der Waals surface area contributed by atoms with E-state index in [0.717, 1.165) is 17.3 Å². The van der Waals surface area contributed by atoms with Crippen LogP contribution in [0.3, 0.4) is 0 Å². The lowest BCUT2D eigenvalue weighted by atomic mass is 10.1. The highest BCUT2D eigenvalue weighted by atomic mass is 32.2. The summed E-state index contributed by atoms with van der Waals surface area (Å²) < 4.78 is 28.4. The van der Waals surface area contributed by atoms with Crippen molar-refractivity contribution in [3.8, 4) is 28.7 Å². The molecule has 3 aromatic carbocycles. The summed E-state index contributed by atoms with van der Waals surface area (Å²) in [5.74, 6) is 2.36. The topological polar surface area (TPSA) is 139 Å². The monoisotopic (exact) mass is 634 g/mol. The fourth-order valence-corrected chi connectivity index (χ4v) is 5.66. The number of nitrogens with one attached hydrogen (secondary N) is 2. The van der Waals surface area contributed by atoms with Crippen molar-refractivity contribution in [2.45, 2.75) is 31.0 Å². The third kappa shape index (κ3) is 7.60. The molecule has 0 fully saturated rings. The highest BCUT2D eigenvalue weighted by molar-refractivity contribution is 7.99. The van der Waals surface area contributed by atoms with Crippen LogP contribution in [0.5, 0.6) is 28.7 Å². The zero-order chi connectivity index (χ0) is 31.8. The van der Waals surface area contributed by atoms with Crippen LogP contribution in [0.1, 0.15) is 18.4 Å². The van der Waals surface area contributed by atoms with Crippen molar-refractivity contribution in [3.05, 3.63) is 70.5 Å². The third-order valence-electron chi connectivity index (χ3n) is 7.10. The van der Waals surface area contributed by atoms with E-state index < -0.39 is 0 Å². The molecule has 0 spiro atoms. The molecule has 0 bridgehead atoms. The van der Waals surface area contributed by atoms with Crippen LogP contribution in [0.15, 0.2) is 64.5 Å². The Bertz CT molecular complexity index is 1760. The van der Waals surface area contributed by atoms with Crippen LogP contribution in [0.25, 0.3) is 10.9 Å². The molecule has 45 heavy (non-hydrogen) atoms. The molecule has 2 amide bonds. The van der Waals surface area contributed by atoms with Crippen molar-refractivity contribution in [2.75, 3.05) is 45.7 Å². The van der Waals surface area contributed by atoms with Gasteiger partial charge in [0.25, 0.3) is 5.56 Å². The second-order valence-electron chi connectivity index (χ2n) is 10.0. The van der Waals surface area contributed by atoms with Gasteiger partial charge in [-0.05, 0) is 48.7 Å². The first-order valence-corrected chi connectivity index (χ1v) is 15.3. The fraction of sp³-hybridized carbons (Fsp3) is 0.312. The van der Waals surface area contributed by atoms with E-state index in [9.17, 15) is 14.4 Å². The predicted molar refractivity (Wildman–Crippen MR) is 170 cm³/mol. The van der Waals surface area contributed by atoms with E-state index in [4.69, 9.17) is 28.7 Å². The SMILES string of the molecule is COc1ccccc1NC(=O)CSc1nc2cc3c(cc2c(=O)n1CCCC(=O)NCCc1ccc(OC)c(OC)c1)OCO3. The Morgan fingerprint density at radius 1 is 0.933 bits per heavy atom. The lowest BCUT2D eigenvalue weighted by Gasteiger charge is -2.14. The molecule has 2 heterocycles. The maximum atomic E-state index is 13.6. The van der Waals surface area contributed by atoms with Gasteiger partial charge in [0, 0.05) is 25.6 Å². The summed E-state index contributed by atoms with van der Waals surface area (Å²) in [7, 11) is 4.69. The molecule has 0 atom stereocenters. The molecule has 1 aromatic heterocycles. The average Bonchev–Trinajstić information content (AvgIpc) is 3.52. The first kappa shape index (κ1) is 31.5. The maximum absolute atomic E-state index is 13.6. The van der Waals surface area contributed by atoms with Gasteiger partial charge in [-0.3, -0.25) is 19.0 Å². The van der Waals surface area contributed by atoms with Crippen LogP contribution in [0.2, 0.25) is 0 Å². The molecule has 12 nitrogen and oxygen atoms in total. The summed E-state index contributed by atoms with van der Waals surface area (Å²) in [6.07, 6.45) is 1.21. The minimum atomic E-state index is -0.292. The number of nitrogens with zero attached hydrogens (tertiary/aromatic N) is 2. The van der Waals surface area contributed by atoms with Crippen molar-refractivity contribution in [1.82, 2.24) is 14.9 Å². The van der Waals surface area contributed by atoms with Gasteiger partial charge in [0.05, 0.1) is 43.7 Å². The van der Waals surface area contributed by atoms with Crippen molar-refractivity contribution in [2.24, 2.45) is 0 Å². The summed E-state index contributed by atoms with van der Waals surface area (Å²) in [6.45, 7) is 0.739. The van der Waals surface area contributed by atoms with Crippen molar-refractivity contribution in [1.29, 1.82) is 0 Å². The Balaban J connectivity index is 1.24. The van der Waals surface area contributed by atoms with Crippen molar-refractivity contribution < 1.29 is 33.3 Å². The van der Waals surface area contributed by atoms with Crippen LogP contribution < -0.4 is 39.9 Å². The Hall–Kier alpha value is -4.91. The number of aromatic nitrogens is 2. The summed E-state index contributed by atoms with van der Waals surface area (Å²) in [4.78, 5) is 43.8. The summed E-state index contributed by atoms with van der Waals surface area (Å²) >= 11 is 1.13. The Morgan fingerprint density at radius 3 is 2.47 bits per heavy atom. The van der Waals surface area contributed by atoms with Gasteiger partial charge < -0.3 is 34.3 Å². The van der Waals surface area contributed by atoms with Gasteiger partial charge in [-0.15, -0.1) is 0 Å². The van der Waals surface area contributed by atoms with Crippen molar-refractivity contribution in [3.63, 3.8) is 0 Å². The highest BCUT2D eigenvalue weighted by Crippen LogP contribution is 2.35. The molecule has 5 rings (SSSR count). The van der Waals surface area contributed by atoms with Gasteiger partial charge >= 0.3 is 0 Å². The molecule has 236 valence electrons. The molecule has 0 saturated heterocycles. The van der Waals surface area contributed by atoms with E-state index in [0.29, 0.717) is 69.9 Å². The number of hydrogen-bond donors (Lipinski definition) is 2. The summed E-state index contributed by atoms with van der Waals surface area (Å²) in [5.41, 5.74) is 1.68. The van der Waals surface area contributed by atoms with Gasteiger partial charge in [0.15, 0.2) is 28.2 Å². The van der Waals surface area contributed by atoms with Crippen LogP contribution in [0.4, 0.5) is 5.69 Å². The number of benzene rings is 3. The van der Waals surface area contributed by atoms with Crippen molar-refractivity contribution >= 4 is 40.2 Å². The molecule has 0 aliphatic carbocycles. The number of amides is 2. The number of carbonyl (C=O) groups excluding carboxylic acids is 2. The molecular formula is C32H34N4O8S. The molecule has 13 heteroatoms. The third-order valence-corrected chi connectivity index (χ3v) is 8.07. The maximum Gasteiger partial charge on any atom is 0.262 e. The molecule has 0 radical (unpaired) electrons. The number of para-hydroxylation sites is 2. The van der Waals surface area contributed by atoms with E-state index in [1.165, 1.54) is 11.7 Å². The Morgan fingerprint density at radius 2 is 1.69 bits per heavy atom. The Kier molecular flexibility index (Phi) is 10.3. The highest BCUT2D eigenvalue weighted by Gasteiger charge is 2.20. The van der Waals surface area contributed by atoms with Gasteiger partial charge in [0.1, 0.15) is 5.75 Å². The molecule has 0 unspecified atom stereocenters. The minimum Gasteiger partial charge on any atom is -0.495 e. The van der Waals surface area contributed by atoms with E-state index in [2.05, 4.69) is 10.6 Å². The number of rotatable bonds is 14. The first-order chi connectivity index (χ1) is 21.9. The van der Waals surface area contributed by atoms with E-state index in [1.54, 1.807) is 44.6 Å². The standard InChI is InChI=1S/C32H34N4O8S/c1-40-24-8-5-4-7-22(24)34-30(38)18-45-32-35-23-17-28-27(43-19-44-28)16-21(23)31(39)36(32)14-6-9-29(37)33-13-12-20-10-11-25(41-2)26(15-20)42-3/h4-5,7-8,10-11,15-17H,6,9,12-14,18-19H2,1-3H3,(H,33,37)(H,34,38). The fourth-order valence-electron chi connectivity index (χ4n) is 4.83. The molecule has 1 aliphatic heterocycles. The van der Waals surface area contributed by atoms with Crippen LogP contribution in [0, 0.1) is 0 Å². The van der Waals surface area contributed by atoms with E-state index in [-0.39, 0.29) is 42.9 Å². The smallest absolute Gasteiger partial charge is 0.262 e. The average molecular weight is 635 g/mol. The molecule has 1 aliphatic rings. The minimum absolute atomic E-state index is 0.00280.